The molecule has 6 rings (SSSR count). The van der Waals surface area contributed by atoms with E-state index in [-0.39, 0.29) is 18.1 Å². The molecule has 1 aromatic heterocycles. The zero-order valence-electron chi connectivity index (χ0n) is 18.1. The van der Waals surface area contributed by atoms with E-state index in [0.717, 1.165) is 0 Å². The van der Waals surface area contributed by atoms with Crippen molar-refractivity contribution in [2.45, 2.75) is 63.6 Å². The number of fused-ring (bicyclic) bond motifs is 4. The molecule has 1 aliphatic heterocycles. The van der Waals surface area contributed by atoms with Crippen LogP contribution in [0.2, 0.25) is 5.02 Å². The summed E-state index contributed by atoms with van der Waals surface area (Å²) in [5.41, 5.74) is 6.40. The van der Waals surface area contributed by atoms with E-state index >= 15 is 0 Å². The van der Waals surface area contributed by atoms with Crippen molar-refractivity contribution in [1.29, 1.82) is 0 Å². The van der Waals surface area contributed by atoms with E-state index in [1.54, 1.807) is 27.8 Å². The number of hydrogen-bond donors (Lipinski definition) is 2. The predicted octanol–water partition coefficient (Wildman–Crippen LogP) is 4.19. The number of hydrogen-bond acceptors (Lipinski definition) is 3. The molecule has 7 nitrogen and oxygen atoms in total. The van der Waals surface area contributed by atoms with Crippen LogP contribution in [0.15, 0.2) is 24.3 Å². The van der Waals surface area contributed by atoms with E-state index in [0.29, 0.717) is 73.6 Å². The van der Waals surface area contributed by atoms with Gasteiger partial charge in [0.05, 0.1) is 24.3 Å². The lowest BCUT2D eigenvalue weighted by Gasteiger charge is -2.53. The second-order valence-electron chi connectivity index (χ2n) is 9.56. The van der Waals surface area contributed by atoms with Gasteiger partial charge in [0.1, 0.15) is 5.69 Å². The van der Waals surface area contributed by atoms with Gasteiger partial charge < -0.3 is 16.0 Å². The molecular weight excluding hydrogens is 452 g/mol. The van der Waals surface area contributed by atoms with E-state index in [4.69, 9.17) is 17.3 Å². The average molecular weight is 478 g/mol. The number of carbonyl (C=O) groups excluding carboxylic acids is 2. The van der Waals surface area contributed by atoms with Crippen molar-refractivity contribution in [3.63, 3.8) is 0 Å². The van der Waals surface area contributed by atoms with Gasteiger partial charge in [-0.25, -0.2) is 13.6 Å². The van der Waals surface area contributed by atoms with Gasteiger partial charge in [0.2, 0.25) is 6.43 Å². The van der Waals surface area contributed by atoms with Gasteiger partial charge in [0.15, 0.2) is 0 Å². The topological polar surface area (TPSA) is 93.2 Å². The zero-order valence-corrected chi connectivity index (χ0v) is 18.9. The number of primary amides is 1. The third-order valence-electron chi connectivity index (χ3n) is 7.75. The summed E-state index contributed by atoms with van der Waals surface area (Å²) in [6.07, 6.45) is 0.710. The monoisotopic (exact) mass is 477 g/mol. The first-order chi connectivity index (χ1) is 15.7. The van der Waals surface area contributed by atoms with E-state index in [1.807, 2.05) is 6.07 Å². The second kappa shape index (κ2) is 7.97. The van der Waals surface area contributed by atoms with Gasteiger partial charge in [-0.15, -0.1) is 0 Å². The number of urea groups is 1. The van der Waals surface area contributed by atoms with E-state index in [9.17, 15) is 18.4 Å². The van der Waals surface area contributed by atoms with Crippen molar-refractivity contribution < 1.29 is 18.4 Å². The first-order valence-corrected chi connectivity index (χ1v) is 11.6. The number of aromatic nitrogens is 2. The Bertz CT molecular complexity index is 1090. The summed E-state index contributed by atoms with van der Waals surface area (Å²) in [6, 6.07) is 6.79. The van der Waals surface area contributed by atoms with Crippen molar-refractivity contribution in [3.8, 4) is 11.3 Å². The van der Waals surface area contributed by atoms with Crippen molar-refractivity contribution >= 4 is 23.5 Å². The molecule has 4 aliphatic rings. The van der Waals surface area contributed by atoms with Crippen LogP contribution in [0.1, 0.15) is 54.6 Å². The Morgan fingerprint density at radius 2 is 1.82 bits per heavy atom. The third kappa shape index (κ3) is 3.76. The normalized spacial score (nSPS) is 26.4. The summed E-state index contributed by atoms with van der Waals surface area (Å²) < 4.78 is 28.8. The van der Waals surface area contributed by atoms with Crippen LogP contribution in [0.25, 0.3) is 11.3 Å². The molecule has 2 bridgehead atoms. The Hall–Kier alpha value is -2.68. The first-order valence-electron chi connectivity index (χ1n) is 11.2. The lowest BCUT2D eigenvalue weighted by molar-refractivity contribution is -0.0874. The Morgan fingerprint density at radius 1 is 1.12 bits per heavy atom. The quantitative estimate of drug-likeness (QED) is 0.691. The zero-order chi connectivity index (χ0) is 23.4. The Labute approximate surface area is 195 Å². The smallest absolute Gasteiger partial charge is 0.318 e. The lowest BCUT2D eigenvalue weighted by atomic mass is 9.57. The maximum Gasteiger partial charge on any atom is 0.318 e. The Kier molecular flexibility index (Phi) is 5.34. The van der Waals surface area contributed by atoms with E-state index in [2.05, 4.69) is 10.4 Å². The molecule has 176 valence electrons. The molecule has 3 fully saturated rings. The summed E-state index contributed by atoms with van der Waals surface area (Å²) in [4.78, 5) is 27.2. The van der Waals surface area contributed by atoms with Gasteiger partial charge in [0, 0.05) is 28.1 Å². The van der Waals surface area contributed by atoms with Crippen LogP contribution in [0.3, 0.4) is 0 Å². The molecule has 2 heterocycles. The number of carbonyl (C=O) groups is 2. The molecule has 0 spiro atoms. The number of amides is 3. The molecule has 10 heteroatoms. The number of nitrogens with two attached hydrogens (primary N) is 1. The number of alkyl halides is 2. The fourth-order valence-corrected chi connectivity index (χ4v) is 5.81. The maximum absolute atomic E-state index is 13.5. The highest BCUT2D eigenvalue weighted by Gasteiger charge is 2.53. The van der Waals surface area contributed by atoms with Crippen molar-refractivity contribution in [1.82, 2.24) is 20.0 Å². The van der Waals surface area contributed by atoms with Crippen molar-refractivity contribution in [2.75, 3.05) is 6.54 Å². The molecule has 0 unspecified atom stereocenters. The van der Waals surface area contributed by atoms with Gasteiger partial charge in [-0.3, -0.25) is 9.48 Å². The highest BCUT2D eigenvalue weighted by Crippen LogP contribution is 2.55. The number of benzene rings is 1. The van der Waals surface area contributed by atoms with Gasteiger partial charge in [-0.1, -0.05) is 23.7 Å². The Morgan fingerprint density at radius 3 is 2.42 bits per heavy atom. The third-order valence-corrected chi connectivity index (χ3v) is 7.99. The standard InChI is InChI=1S/C23H26ClF2N5O2/c24-15-3-1-2-14(12-15)18-17(19(27)32)16-13-30(10-11-31(16)29-18)21(33)28-23-7-4-22(5-8-23,6-9-23)20(25)26/h1-3,12,20H,4-11,13H2,(H2,27,32)(H,28,33). The fourth-order valence-electron chi connectivity index (χ4n) is 5.62. The first kappa shape index (κ1) is 22.1. The van der Waals surface area contributed by atoms with E-state index in [1.165, 1.54) is 0 Å². The highest BCUT2D eigenvalue weighted by molar-refractivity contribution is 6.30. The SMILES string of the molecule is NC(=O)c1c(-c2cccc(Cl)c2)nn2c1CN(C(=O)NC13CCC(C(F)F)(CC1)CC3)CC2. The van der Waals surface area contributed by atoms with Gasteiger partial charge in [0.25, 0.3) is 5.91 Å². The van der Waals surface area contributed by atoms with E-state index < -0.39 is 23.3 Å². The maximum atomic E-state index is 13.5. The van der Waals surface area contributed by atoms with Crippen molar-refractivity contribution in [3.05, 3.63) is 40.5 Å². The van der Waals surface area contributed by atoms with Gasteiger partial charge in [-0.05, 0) is 50.7 Å². The minimum absolute atomic E-state index is 0.189. The highest BCUT2D eigenvalue weighted by atomic mass is 35.5. The van der Waals surface area contributed by atoms with Gasteiger partial charge in [-0.2, -0.15) is 5.10 Å². The Balaban J connectivity index is 1.35. The minimum Gasteiger partial charge on any atom is -0.365 e. The van der Waals surface area contributed by atoms with Crippen LogP contribution in [0, 0.1) is 5.41 Å². The largest absolute Gasteiger partial charge is 0.365 e. The molecule has 0 atom stereocenters. The summed E-state index contributed by atoms with van der Waals surface area (Å²) >= 11 is 6.11. The van der Waals surface area contributed by atoms with Crippen LogP contribution in [0.5, 0.6) is 0 Å². The molecular formula is C23H26ClF2N5O2. The van der Waals surface area contributed by atoms with Gasteiger partial charge >= 0.3 is 6.03 Å². The molecule has 3 N–H and O–H groups in total. The summed E-state index contributed by atoms with van der Waals surface area (Å²) in [5.74, 6) is -0.616. The minimum atomic E-state index is -2.31. The molecule has 3 saturated carbocycles. The fraction of sp³-hybridized carbons (Fsp3) is 0.522. The summed E-state index contributed by atoms with van der Waals surface area (Å²) in [7, 11) is 0. The molecule has 33 heavy (non-hydrogen) atoms. The van der Waals surface area contributed by atoms with Crippen LogP contribution < -0.4 is 11.1 Å². The number of rotatable bonds is 4. The number of nitrogens with zero attached hydrogens (tertiary/aromatic N) is 3. The average Bonchev–Trinajstić information content (AvgIpc) is 3.19. The summed E-state index contributed by atoms with van der Waals surface area (Å²) in [5, 5.41) is 8.25. The van der Waals surface area contributed by atoms with Crippen LogP contribution in [-0.2, 0) is 13.1 Å². The summed E-state index contributed by atoms with van der Waals surface area (Å²) in [6.45, 7) is 1.03. The second-order valence-corrected chi connectivity index (χ2v) is 10.00. The molecule has 2 aromatic rings. The van der Waals surface area contributed by atoms with Crippen LogP contribution in [-0.4, -0.2) is 45.1 Å². The lowest BCUT2D eigenvalue weighted by Crippen LogP contribution is -2.60. The van der Waals surface area contributed by atoms with Crippen molar-refractivity contribution in [2.24, 2.45) is 11.1 Å². The molecule has 3 aliphatic carbocycles. The molecule has 3 amide bonds. The van der Waals surface area contributed by atoms with Crippen LogP contribution >= 0.6 is 11.6 Å². The predicted molar refractivity (Wildman–Crippen MR) is 119 cm³/mol. The molecule has 1 aromatic carbocycles. The number of halogens is 3. The van der Waals surface area contributed by atoms with Crippen LogP contribution in [0.4, 0.5) is 13.6 Å². The molecule has 0 radical (unpaired) electrons. The number of nitrogens with one attached hydrogen (secondary N) is 1. The molecule has 0 saturated heterocycles.